The highest BCUT2D eigenvalue weighted by Gasteiger charge is 2.10. The first-order valence-corrected chi connectivity index (χ1v) is 6.11. The van der Waals surface area contributed by atoms with Crippen LogP contribution in [0, 0.1) is 0 Å². The quantitative estimate of drug-likeness (QED) is 0.802. The van der Waals surface area contributed by atoms with E-state index in [1.165, 1.54) is 5.56 Å². The number of rotatable bonds is 4. The number of hydrogen-bond donors (Lipinski definition) is 0. The molecule has 0 aliphatic carbocycles. The van der Waals surface area contributed by atoms with E-state index < -0.39 is 0 Å². The van der Waals surface area contributed by atoms with Crippen molar-refractivity contribution in [1.82, 2.24) is 4.90 Å². The van der Waals surface area contributed by atoms with Crippen molar-refractivity contribution >= 4 is 11.8 Å². The highest BCUT2D eigenvalue weighted by Crippen LogP contribution is 2.27. The molecule has 0 bridgehead atoms. The van der Waals surface area contributed by atoms with Gasteiger partial charge in [-0.15, -0.1) is 11.8 Å². The predicted molar refractivity (Wildman–Crippen MR) is 66.7 cm³/mol. The van der Waals surface area contributed by atoms with Gasteiger partial charge in [0.2, 0.25) is 0 Å². The van der Waals surface area contributed by atoms with Gasteiger partial charge in [-0.05, 0) is 17.5 Å². The van der Waals surface area contributed by atoms with Gasteiger partial charge >= 0.3 is 0 Å². The number of ether oxygens (including phenoxy) is 2. The van der Waals surface area contributed by atoms with Crippen molar-refractivity contribution in [2.45, 2.75) is 6.54 Å². The standard InChI is InChI=1S/C12H15NO2S/c1-14-11-4-3-10(12(7-11)15-2)8-13-5-6-16-9-13/h3-7H,8-9H2,1-2H3. The van der Waals surface area contributed by atoms with Crippen LogP contribution < -0.4 is 9.47 Å². The number of methoxy groups -OCH3 is 2. The van der Waals surface area contributed by atoms with Crippen LogP contribution in [0.4, 0.5) is 0 Å². The van der Waals surface area contributed by atoms with E-state index in [-0.39, 0.29) is 0 Å². The Labute approximate surface area is 100 Å². The summed E-state index contributed by atoms with van der Waals surface area (Å²) in [5.74, 6) is 2.71. The Morgan fingerprint density at radius 3 is 2.81 bits per heavy atom. The fourth-order valence-electron chi connectivity index (χ4n) is 1.61. The molecular weight excluding hydrogens is 222 g/mol. The molecule has 0 N–H and O–H groups in total. The highest BCUT2D eigenvalue weighted by atomic mass is 32.2. The van der Waals surface area contributed by atoms with Gasteiger partial charge in [-0.25, -0.2) is 0 Å². The summed E-state index contributed by atoms with van der Waals surface area (Å²) in [4.78, 5) is 2.25. The molecule has 0 amide bonds. The summed E-state index contributed by atoms with van der Waals surface area (Å²) in [7, 11) is 3.35. The monoisotopic (exact) mass is 237 g/mol. The van der Waals surface area contributed by atoms with Gasteiger partial charge in [0, 0.05) is 24.4 Å². The summed E-state index contributed by atoms with van der Waals surface area (Å²) in [6.07, 6.45) is 2.11. The lowest BCUT2D eigenvalue weighted by atomic mass is 10.2. The third-order valence-corrected chi connectivity index (χ3v) is 3.27. The van der Waals surface area contributed by atoms with Gasteiger partial charge in [-0.1, -0.05) is 0 Å². The summed E-state index contributed by atoms with van der Waals surface area (Å²) in [5.41, 5.74) is 1.18. The maximum atomic E-state index is 5.36. The predicted octanol–water partition coefficient (Wildman–Crippen LogP) is 2.68. The Kier molecular flexibility index (Phi) is 3.62. The normalized spacial score (nSPS) is 14.2. The van der Waals surface area contributed by atoms with Crippen LogP contribution in [0.2, 0.25) is 0 Å². The second-order valence-electron chi connectivity index (χ2n) is 3.51. The molecule has 0 fully saturated rings. The zero-order valence-electron chi connectivity index (χ0n) is 9.47. The van der Waals surface area contributed by atoms with E-state index in [1.807, 2.05) is 12.1 Å². The van der Waals surface area contributed by atoms with Crippen molar-refractivity contribution in [2.75, 3.05) is 20.1 Å². The van der Waals surface area contributed by atoms with Crippen LogP contribution in [0.25, 0.3) is 0 Å². The maximum absolute atomic E-state index is 5.36. The first-order valence-electron chi connectivity index (χ1n) is 5.06. The van der Waals surface area contributed by atoms with Crippen LogP contribution in [-0.4, -0.2) is 25.0 Å². The third-order valence-electron chi connectivity index (χ3n) is 2.48. The van der Waals surface area contributed by atoms with Crippen molar-refractivity contribution in [3.8, 4) is 11.5 Å². The highest BCUT2D eigenvalue weighted by molar-refractivity contribution is 8.02. The van der Waals surface area contributed by atoms with Gasteiger partial charge in [0.1, 0.15) is 11.5 Å². The summed E-state index contributed by atoms with van der Waals surface area (Å²) < 4.78 is 10.5. The van der Waals surface area contributed by atoms with Crippen LogP contribution in [0.5, 0.6) is 11.5 Å². The minimum absolute atomic E-state index is 0.826. The Morgan fingerprint density at radius 2 is 2.19 bits per heavy atom. The van der Waals surface area contributed by atoms with Crippen LogP contribution in [0.3, 0.4) is 0 Å². The molecule has 16 heavy (non-hydrogen) atoms. The van der Waals surface area contributed by atoms with Crippen molar-refractivity contribution in [1.29, 1.82) is 0 Å². The molecular formula is C12H15NO2S. The van der Waals surface area contributed by atoms with Crippen molar-refractivity contribution in [2.24, 2.45) is 0 Å². The molecule has 0 spiro atoms. The van der Waals surface area contributed by atoms with Gasteiger partial charge in [0.05, 0.1) is 20.1 Å². The molecule has 3 nitrogen and oxygen atoms in total. The molecule has 0 unspecified atom stereocenters. The second-order valence-corrected chi connectivity index (χ2v) is 4.37. The summed E-state index contributed by atoms with van der Waals surface area (Å²) in [6, 6.07) is 5.93. The Balaban J connectivity index is 2.15. The Bertz CT molecular complexity index is 393. The third kappa shape index (κ3) is 2.44. The summed E-state index contributed by atoms with van der Waals surface area (Å²) in [6.45, 7) is 0.872. The number of thioether (sulfide) groups is 1. The van der Waals surface area contributed by atoms with E-state index in [4.69, 9.17) is 9.47 Å². The average Bonchev–Trinajstić information content (AvgIpc) is 2.82. The molecule has 0 atom stereocenters. The van der Waals surface area contributed by atoms with Gasteiger partial charge in [-0.2, -0.15) is 0 Å². The van der Waals surface area contributed by atoms with E-state index in [0.29, 0.717) is 0 Å². The van der Waals surface area contributed by atoms with E-state index >= 15 is 0 Å². The molecule has 1 aliphatic rings. The van der Waals surface area contributed by atoms with Crippen LogP contribution in [-0.2, 0) is 6.54 Å². The van der Waals surface area contributed by atoms with Crippen molar-refractivity contribution < 1.29 is 9.47 Å². The SMILES string of the molecule is COc1ccc(CN2C=CSC2)c(OC)c1. The lowest BCUT2D eigenvalue weighted by molar-refractivity contribution is 0.377. The molecule has 2 rings (SSSR count). The van der Waals surface area contributed by atoms with Crippen LogP contribution in [0.15, 0.2) is 29.8 Å². The van der Waals surface area contributed by atoms with E-state index in [1.54, 1.807) is 26.0 Å². The molecule has 0 radical (unpaired) electrons. The van der Waals surface area contributed by atoms with Gasteiger partial charge in [0.15, 0.2) is 0 Å². The number of hydrogen-bond acceptors (Lipinski definition) is 4. The summed E-state index contributed by atoms with van der Waals surface area (Å²) >= 11 is 1.80. The minimum atomic E-state index is 0.826. The molecule has 0 aromatic heterocycles. The lowest BCUT2D eigenvalue weighted by Gasteiger charge is -2.17. The van der Waals surface area contributed by atoms with Crippen LogP contribution in [0.1, 0.15) is 5.56 Å². The Hall–Kier alpha value is -1.29. The fraction of sp³-hybridized carbons (Fsp3) is 0.333. The zero-order valence-corrected chi connectivity index (χ0v) is 10.3. The first kappa shape index (κ1) is 11.2. The van der Waals surface area contributed by atoms with E-state index in [9.17, 15) is 0 Å². The number of benzene rings is 1. The first-order chi connectivity index (χ1) is 7.83. The van der Waals surface area contributed by atoms with Crippen LogP contribution >= 0.6 is 11.8 Å². The molecule has 0 saturated carbocycles. The average molecular weight is 237 g/mol. The van der Waals surface area contributed by atoms with Gasteiger partial charge in [0.25, 0.3) is 0 Å². The fourth-order valence-corrected chi connectivity index (χ4v) is 2.32. The Morgan fingerprint density at radius 1 is 1.31 bits per heavy atom. The molecule has 1 aromatic carbocycles. The van der Waals surface area contributed by atoms with E-state index in [2.05, 4.69) is 22.6 Å². The molecule has 1 aliphatic heterocycles. The molecule has 86 valence electrons. The zero-order chi connectivity index (χ0) is 11.4. The molecule has 0 saturated heterocycles. The van der Waals surface area contributed by atoms with Crippen molar-refractivity contribution in [3.05, 3.63) is 35.4 Å². The summed E-state index contributed by atoms with van der Waals surface area (Å²) in [5, 5.41) is 2.11. The smallest absolute Gasteiger partial charge is 0.127 e. The largest absolute Gasteiger partial charge is 0.497 e. The topological polar surface area (TPSA) is 21.7 Å². The molecule has 4 heteroatoms. The lowest BCUT2D eigenvalue weighted by Crippen LogP contribution is -2.13. The maximum Gasteiger partial charge on any atom is 0.127 e. The van der Waals surface area contributed by atoms with Gasteiger partial charge < -0.3 is 14.4 Å². The van der Waals surface area contributed by atoms with Gasteiger partial charge in [-0.3, -0.25) is 0 Å². The second kappa shape index (κ2) is 5.16. The minimum Gasteiger partial charge on any atom is -0.497 e. The van der Waals surface area contributed by atoms with E-state index in [0.717, 1.165) is 23.9 Å². The molecule has 1 aromatic rings. The molecule has 1 heterocycles. The van der Waals surface area contributed by atoms with Crippen molar-refractivity contribution in [3.63, 3.8) is 0 Å². The number of nitrogens with zero attached hydrogens (tertiary/aromatic N) is 1.